The van der Waals surface area contributed by atoms with E-state index >= 15 is 0 Å². The summed E-state index contributed by atoms with van der Waals surface area (Å²) in [6.45, 7) is -0.273. The number of fused-ring (bicyclic) bond motifs is 1. The molecule has 0 spiro atoms. The van der Waals surface area contributed by atoms with E-state index in [-0.39, 0.29) is 17.6 Å². The summed E-state index contributed by atoms with van der Waals surface area (Å²) in [5.74, 6) is 1.11. The Kier molecular flexibility index (Phi) is 5.35. The minimum atomic E-state index is -0.648. The Morgan fingerprint density at radius 2 is 1.97 bits per heavy atom. The second-order valence-corrected chi connectivity index (χ2v) is 6.75. The number of methoxy groups -OCH3 is 1. The molecule has 0 fully saturated rings. The van der Waals surface area contributed by atoms with Crippen molar-refractivity contribution in [3.63, 3.8) is 0 Å². The van der Waals surface area contributed by atoms with Gasteiger partial charge in [0.1, 0.15) is 23.4 Å². The van der Waals surface area contributed by atoms with Gasteiger partial charge >= 0.3 is 5.69 Å². The van der Waals surface area contributed by atoms with Gasteiger partial charge in [-0.3, -0.25) is 18.7 Å². The first-order chi connectivity index (χ1) is 15.0. The molecule has 0 saturated heterocycles. The molecule has 10 heteroatoms. The summed E-state index contributed by atoms with van der Waals surface area (Å²) in [6.07, 6.45) is 2.85. The molecule has 0 saturated carbocycles. The van der Waals surface area contributed by atoms with Gasteiger partial charge in [-0.2, -0.15) is 0 Å². The van der Waals surface area contributed by atoms with Crippen molar-refractivity contribution in [2.24, 2.45) is 7.05 Å². The Morgan fingerprint density at radius 1 is 1.19 bits per heavy atom. The highest BCUT2D eigenvalue weighted by Crippen LogP contribution is 2.20. The number of nitrogens with zero attached hydrogens (tertiary/aromatic N) is 4. The van der Waals surface area contributed by atoms with Crippen LogP contribution in [0.4, 0.5) is 0 Å². The molecule has 0 radical (unpaired) electrons. The molecule has 3 heterocycles. The maximum absolute atomic E-state index is 12.9. The van der Waals surface area contributed by atoms with Gasteiger partial charge in [0.25, 0.3) is 5.56 Å². The summed E-state index contributed by atoms with van der Waals surface area (Å²) >= 11 is 0. The Balaban J connectivity index is 1.66. The molecule has 0 aliphatic heterocycles. The number of aromatic nitrogens is 4. The number of amides is 1. The van der Waals surface area contributed by atoms with Crippen molar-refractivity contribution in [1.29, 1.82) is 0 Å². The molecule has 1 aromatic carbocycles. The molecule has 1 N–H and O–H groups in total. The maximum Gasteiger partial charge on any atom is 0.332 e. The van der Waals surface area contributed by atoms with Gasteiger partial charge in [-0.25, -0.2) is 14.8 Å². The summed E-state index contributed by atoms with van der Waals surface area (Å²) in [4.78, 5) is 46.5. The van der Waals surface area contributed by atoms with Crippen LogP contribution in [0.25, 0.3) is 22.4 Å². The monoisotopic (exact) mass is 421 g/mol. The topological polar surface area (TPSA) is 121 Å². The highest BCUT2D eigenvalue weighted by atomic mass is 16.5. The number of hydrogen-bond acceptors (Lipinski definition) is 7. The molecule has 158 valence electrons. The highest BCUT2D eigenvalue weighted by molar-refractivity contribution is 5.78. The quantitative estimate of drug-likeness (QED) is 0.494. The van der Waals surface area contributed by atoms with E-state index in [1.165, 1.54) is 24.1 Å². The summed E-state index contributed by atoms with van der Waals surface area (Å²) in [6, 6.07) is 10.5. The average molecular weight is 421 g/mol. The van der Waals surface area contributed by atoms with E-state index < -0.39 is 23.7 Å². The van der Waals surface area contributed by atoms with E-state index in [1.807, 2.05) is 0 Å². The molecule has 4 aromatic rings. The van der Waals surface area contributed by atoms with Crippen LogP contribution in [0.5, 0.6) is 5.75 Å². The molecule has 0 aliphatic carbocycles. The number of aryl methyl sites for hydroxylation is 1. The van der Waals surface area contributed by atoms with Gasteiger partial charge in [-0.05, 0) is 36.4 Å². The van der Waals surface area contributed by atoms with Gasteiger partial charge in [0.15, 0.2) is 11.5 Å². The van der Waals surface area contributed by atoms with E-state index in [2.05, 4.69) is 15.3 Å². The van der Waals surface area contributed by atoms with Crippen molar-refractivity contribution in [3.05, 3.63) is 75.5 Å². The van der Waals surface area contributed by atoms with Crippen LogP contribution in [0.15, 0.2) is 62.9 Å². The van der Waals surface area contributed by atoms with Crippen LogP contribution in [-0.2, 0) is 24.9 Å². The van der Waals surface area contributed by atoms with Gasteiger partial charge in [0.2, 0.25) is 5.91 Å². The van der Waals surface area contributed by atoms with Crippen molar-refractivity contribution in [2.45, 2.75) is 13.1 Å². The third-order valence-electron chi connectivity index (χ3n) is 4.77. The Hall–Kier alpha value is -4.21. The van der Waals surface area contributed by atoms with E-state index in [0.717, 1.165) is 4.57 Å². The lowest BCUT2D eigenvalue weighted by Crippen LogP contribution is -2.43. The van der Waals surface area contributed by atoms with Crippen molar-refractivity contribution in [2.75, 3.05) is 7.11 Å². The van der Waals surface area contributed by atoms with E-state index in [0.29, 0.717) is 22.9 Å². The zero-order chi connectivity index (χ0) is 22.0. The minimum Gasteiger partial charge on any atom is -0.497 e. The van der Waals surface area contributed by atoms with Crippen molar-refractivity contribution in [3.8, 4) is 17.1 Å². The lowest BCUT2D eigenvalue weighted by molar-refractivity contribution is -0.122. The van der Waals surface area contributed by atoms with Crippen LogP contribution in [0, 0.1) is 0 Å². The lowest BCUT2D eigenvalue weighted by atomic mass is 10.2. The van der Waals surface area contributed by atoms with Crippen LogP contribution in [0.3, 0.4) is 0 Å². The first-order valence-electron chi connectivity index (χ1n) is 9.38. The van der Waals surface area contributed by atoms with Crippen LogP contribution in [-0.4, -0.2) is 32.1 Å². The highest BCUT2D eigenvalue weighted by Gasteiger charge is 2.16. The fraction of sp³-hybridized carbons (Fsp3) is 0.190. The maximum atomic E-state index is 12.9. The van der Waals surface area contributed by atoms with E-state index in [4.69, 9.17) is 9.15 Å². The minimum absolute atomic E-state index is 0.137. The summed E-state index contributed by atoms with van der Waals surface area (Å²) in [7, 11) is 3.06. The van der Waals surface area contributed by atoms with Crippen LogP contribution >= 0.6 is 0 Å². The first kappa shape index (κ1) is 20.1. The van der Waals surface area contributed by atoms with Crippen LogP contribution in [0.2, 0.25) is 0 Å². The molecular formula is C21H19N5O5. The SMILES string of the molecule is COc1ccc(-c2ncc3c(=O)n(CC(=O)NCc4ccco4)c(=O)n(C)c3n2)cc1. The van der Waals surface area contributed by atoms with Crippen molar-refractivity contribution in [1.82, 2.24) is 24.4 Å². The van der Waals surface area contributed by atoms with Gasteiger partial charge in [-0.15, -0.1) is 0 Å². The van der Waals surface area contributed by atoms with Crippen molar-refractivity contribution < 1.29 is 13.9 Å². The molecule has 1 amide bonds. The standard InChI is InChI=1S/C21H19N5O5/c1-25-19-16(11-23-18(24-19)13-5-7-14(30-2)8-6-13)20(28)26(21(25)29)12-17(27)22-10-15-4-3-9-31-15/h3-9,11H,10,12H2,1-2H3,(H,22,27). The normalized spacial score (nSPS) is 10.9. The molecule has 10 nitrogen and oxygen atoms in total. The summed E-state index contributed by atoms with van der Waals surface area (Å²) in [5, 5.41) is 2.75. The average Bonchev–Trinajstić information content (AvgIpc) is 3.32. The lowest BCUT2D eigenvalue weighted by Gasteiger charge is -2.11. The number of carbonyl (C=O) groups is 1. The molecule has 0 unspecified atom stereocenters. The first-order valence-corrected chi connectivity index (χ1v) is 9.38. The molecule has 0 atom stereocenters. The number of carbonyl (C=O) groups excluding carboxylic acids is 1. The summed E-state index contributed by atoms with van der Waals surface area (Å²) in [5.41, 5.74) is -0.391. The molecule has 0 bridgehead atoms. The Bertz CT molecular complexity index is 1350. The van der Waals surface area contributed by atoms with Crippen LogP contribution < -0.4 is 21.3 Å². The number of ether oxygens (including phenoxy) is 1. The summed E-state index contributed by atoms with van der Waals surface area (Å²) < 4.78 is 12.4. The fourth-order valence-corrected chi connectivity index (χ4v) is 3.10. The predicted octanol–water partition coefficient (Wildman–Crippen LogP) is 1.08. The number of nitrogens with one attached hydrogen (secondary N) is 1. The second-order valence-electron chi connectivity index (χ2n) is 6.75. The predicted molar refractivity (Wildman–Crippen MR) is 112 cm³/mol. The third kappa shape index (κ3) is 3.95. The third-order valence-corrected chi connectivity index (χ3v) is 4.77. The largest absolute Gasteiger partial charge is 0.497 e. The molecular weight excluding hydrogens is 402 g/mol. The fourth-order valence-electron chi connectivity index (χ4n) is 3.10. The number of benzene rings is 1. The molecule has 31 heavy (non-hydrogen) atoms. The van der Waals surface area contributed by atoms with Gasteiger partial charge in [0, 0.05) is 18.8 Å². The van der Waals surface area contributed by atoms with Crippen molar-refractivity contribution >= 4 is 16.9 Å². The molecule has 0 aliphatic rings. The smallest absolute Gasteiger partial charge is 0.332 e. The Labute approximate surface area is 175 Å². The van der Waals surface area contributed by atoms with E-state index in [1.54, 1.807) is 43.5 Å². The van der Waals surface area contributed by atoms with Gasteiger partial charge in [0.05, 0.1) is 19.9 Å². The zero-order valence-corrected chi connectivity index (χ0v) is 16.9. The zero-order valence-electron chi connectivity index (χ0n) is 16.9. The van der Waals surface area contributed by atoms with E-state index in [9.17, 15) is 14.4 Å². The van der Waals surface area contributed by atoms with Gasteiger partial charge in [-0.1, -0.05) is 0 Å². The number of hydrogen-bond donors (Lipinski definition) is 1. The van der Waals surface area contributed by atoms with Crippen LogP contribution in [0.1, 0.15) is 5.76 Å². The Morgan fingerprint density at radius 3 is 2.65 bits per heavy atom. The molecule has 3 aromatic heterocycles. The van der Waals surface area contributed by atoms with Gasteiger partial charge < -0.3 is 14.5 Å². The number of rotatable bonds is 6. The molecule has 4 rings (SSSR count). The second kappa shape index (κ2) is 8.27. The number of furan rings is 1.